The van der Waals surface area contributed by atoms with Gasteiger partial charge in [0.25, 0.3) is 0 Å². The van der Waals surface area contributed by atoms with Gasteiger partial charge in [-0.25, -0.2) is 4.39 Å². The number of rotatable bonds is 6. The second-order valence-corrected chi connectivity index (χ2v) is 4.38. The Balaban J connectivity index is 2.52. The Morgan fingerprint density at radius 2 is 2.11 bits per heavy atom. The summed E-state index contributed by atoms with van der Waals surface area (Å²) >= 11 is 2.19. The Labute approximate surface area is 119 Å². The first-order chi connectivity index (χ1) is 8.61. The molecule has 18 heavy (non-hydrogen) atoms. The molecule has 3 nitrogen and oxygen atoms in total. The number of hydrogen-bond acceptors (Lipinski definition) is 3. The van der Waals surface area contributed by atoms with Crippen molar-refractivity contribution in [1.29, 1.82) is 0 Å². The lowest BCUT2D eigenvalue weighted by Gasteiger charge is -2.14. The van der Waals surface area contributed by atoms with Crippen molar-refractivity contribution in [3.05, 3.63) is 42.2 Å². The van der Waals surface area contributed by atoms with E-state index in [9.17, 15) is 9.18 Å². The Kier molecular flexibility index (Phi) is 6.70. The molecule has 5 heteroatoms. The van der Waals surface area contributed by atoms with Gasteiger partial charge in [-0.05, 0) is 30.3 Å². The molecule has 0 fully saturated rings. The number of carbonyl (C=O) groups is 1. The fourth-order valence-electron chi connectivity index (χ4n) is 1.25. The summed E-state index contributed by atoms with van der Waals surface area (Å²) < 4.78 is 24.0. The fraction of sp³-hybridized carbons (Fsp3) is 0.308. The summed E-state index contributed by atoms with van der Waals surface area (Å²) in [5.74, 6) is -0.138. The minimum absolute atomic E-state index is 0.207. The number of allylic oxidation sites excluding steroid dienone is 1. The second-order valence-electron chi connectivity index (χ2n) is 3.50. The van der Waals surface area contributed by atoms with Crippen LogP contribution in [0.2, 0.25) is 0 Å². The second kappa shape index (κ2) is 8.07. The lowest BCUT2D eigenvalue weighted by molar-refractivity contribution is -0.145. The number of esters is 1. The standard InChI is InChI=1S/C13H14FIO3/c1-10(16)18-13(3-2-8-15)9-17-12-6-4-11(14)5-7-12/h2-7,13H,8-9H2,1H3. The molecule has 0 bridgehead atoms. The third kappa shape index (κ3) is 6.00. The van der Waals surface area contributed by atoms with Crippen LogP contribution in [0.4, 0.5) is 4.39 Å². The Morgan fingerprint density at radius 3 is 2.67 bits per heavy atom. The van der Waals surface area contributed by atoms with E-state index >= 15 is 0 Å². The lowest BCUT2D eigenvalue weighted by Crippen LogP contribution is -2.21. The lowest BCUT2D eigenvalue weighted by atomic mass is 10.3. The molecule has 1 aromatic carbocycles. The predicted octanol–water partition coefficient (Wildman–Crippen LogP) is 3.13. The van der Waals surface area contributed by atoms with Crippen LogP contribution >= 0.6 is 22.6 Å². The van der Waals surface area contributed by atoms with Crippen molar-refractivity contribution >= 4 is 28.6 Å². The van der Waals surface area contributed by atoms with Crippen LogP contribution in [0.5, 0.6) is 5.75 Å². The first-order valence-electron chi connectivity index (χ1n) is 5.40. The minimum atomic E-state index is -0.428. The zero-order valence-corrected chi connectivity index (χ0v) is 12.1. The van der Waals surface area contributed by atoms with E-state index < -0.39 is 6.10 Å². The van der Waals surface area contributed by atoms with Crippen LogP contribution in [0, 0.1) is 5.82 Å². The topological polar surface area (TPSA) is 35.5 Å². The minimum Gasteiger partial charge on any atom is -0.489 e. The molecule has 1 aromatic rings. The summed E-state index contributed by atoms with van der Waals surface area (Å²) in [7, 11) is 0. The molecule has 1 atom stereocenters. The molecule has 0 amide bonds. The quantitative estimate of drug-likeness (QED) is 0.337. The van der Waals surface area contributed by atoms with Crippen molar-refractivity contribution in [1.82, 2.24) is 0 Å². The Hall–Kier alpha value is -1.11. The van der Waals surface area contributed by atoms with Gasteiger partial charge in [-0.15, -0.1) is 0 Å². The van der Waals surface area contributed by atoms with Crippen LogP contribution in [0.25, 0.3) is 0 Å². The fourth-order valence-corrected chi connectivity index (χ4v) is 1.55. The van der Waals surface area contributed by atoms with E-state index in [1.54, 1.807) is 6.08 Å². The number of hydrogen-bond donors (Lipinski definition) is 0. The molecule has 0 saturated heterocycles. The SMILES string of the molecule is CC(=O)OC(C=CCI)COc1ccc(F)cc1. The number of ether oxygens (including phenoxy) is 2. The van der Waals surface area contributed by atoms with Gasteiger partial charge in [0.1, 0.15) is 18.2 Å². The third-order valence-corrected chi connectivity index (χ3v) is 2.49. The Morgan fingerprint density at radius 1 is 1.44 bits per heavy atom. The van der Waals surface area contributed by atoms with Gasteiger partial charge < -0.3 is 9.47 Å². The molecule has 0 spiro atoms. The van der Waals surface area contributed by atoms with Crippen molar-refractivity contribution in [3.63, 3.8) is 0 Å². The maximum atomic E-state index is 12.7. The summed E-state index contributed by atoms with van der Waals surface area (Å²) in [4.78, 5) is 10.9. The molecular weight excluding hydrogens is 350 g/mol. The number of carbonyl (C=O) groups excluding carboxylic acids is 1. The summed E-state index contributed by atoms with van der Waals surface area (Å²) in [5, 5.41) is 0. The zero-order valence-electron chi connectivity index (χ0n) is 9.94. The molecule has 0 aliphatic rings. The van der Waals surface area contributed by atoms with E-state index in [1.165, 1.54) is 31.2 Å². The normalized spacial score (nSPS) is 12.4. The van der Waals surface area contributed by atoms with Crippen LogP contribution in [-0.4, -0.2) is 23.1 Å². The molecule has 0 N–H and O–H groups in total. The number of halogens is 2. The highest BCUT2D eigenvalue weighted by atomic mass is 127. The summed E-state index contributed by atoms with van der Waals surface area (Å²) in [6.45, 7) is 1.56. The van der Waals surface area contributed by atoms with Gasteiger partial charge in [-0.3, -0.25) is 4.79 Å². The van der Waals surface area contributed by atoms with Crippen LogP contribution < -0.4 is 4.74 Å². The monoisotopic (exact) mass is 364 g/mol. The van der Waals surface area contributed by atoms with E-state index in [0.29, 0.717) is 5.75 Å². The maximum Gasteiger partial charge on any atom is 0.303 e. The van der Waals surface area contributed by atoms with Crippen molar-refractivity contribution in [2.45, 2.75) is 13.0 Å². The van der Waals surface area contributed by atoms with Crippen LogP contribution in [0.3, 0.4) is 0 Å². The molecule has 1 rings (SSSR count). The van der Waals surface area contributed by atoms with Crippen molar-refractivity contribution in [2.75, 3.05) is 11.0 Å². The van der Waals surface area contributed by atoms with E-state index in [4.69, 9.17) is 9.47 Å². The summed E-state index contributed by atoms with van der Waals surface area (Å²) in [6.07, 6.45) is 3.24. The molecule has 1 unspecified atom stereocenters. The van der Waals surface area contributed by atoms with Crippen molar-refractivity contribution < 1.29 is 18.7 Å². The van der Waals surface area contributed by atoms with E-state index in [2.05, 4.69) is 22.6 Å². The van der Waals surface area contributed by atoms with Gasteiger partial charge in [0.15, 0.2) is 6.10 Å². The molecule has 0 radical (unpaired) electrons. The largest absolute Gasteiger partial charge is 0.489 e. The van der Waals surface area contributed by atoms with Gasteiger partial charge in [0.2, 0.25) is 0 Å². The van der Waals surface area contributed by atoms with Crippen LogP contribution in [0.1, 0.15) is 6.92 Å². The van der Waals surface area contributed by atoms with E-state index in [-0.39, 0.29) is 18.4 Å². The van der Waals surface area contributed by atoms with E-state index in [1.807, 2.05) is 6.08 Å². The molecule has 0 heterocycles. The third-order valence-electron chi connectivity index (χ3n) is 1.99. The molecule has 0 aliphatic carbocycles. The average molecular weight is 364 g/mol. The summed E-state index contributed by atoms with van der Waals surface area (Å²) in [6, 6.07) is 5.69. The average Bonchev–Trinajstić information content (AvgIpc) is 2.34. The van der Waals surface area contributed by atoms with E-state index in [0.717, 1.165) is 4.43 Å². The molecule has 0 saturated carbocycles. The highest BCUT2D eigenvalue weighted by Gasteiger charge is 2.09. The van der Waals surface area contributed by atoms with Gasteiger partial charge in [-0.1, -0.05) is 28.7 Å². The number of alkyl halides is 1. The van der Waals surface area contributed by atoms with Gasteiger partial charge in [0, 0.05) is 11.4 Å². The predicted molar refractivity (Wildman–Crippen MR) is 75.5 cm³/mol. The van der Waals surface area contributed by atoms with Crippen LogP contribution in [0.15, 0.2) is 36.4 Å². The molecular formula is C13H14FIO3. The van der Waals surface area contributed by atoms with Crippen LogP contribution in [-0.2, 0) is 9.53 Å². The van der Waals surface area contributed by atoms with Crippen molar-refractivity contribution in [2.24, 2.45) is 0 Å². The van der Waals surface area contributed by atoms with Gasteiger partial charge in [-0.2, -0.15) is 0 Å². The highest BCUT2D eigenvalue weighted by molar-refractivity contribution is 14.1. The van der Waals surface area contributed by atoms with Crippen molar-refractivity contribution in [3.8, 4) is 5.75 Å². The Bertz CT molecular complexity index is 403. The number of benzene rings is 1. The molecule has 0 aliphatic heterocycles. The van der Waals surface area contributed by atoms with Gasteiger partial charge in [0.05, 0.1) is 0 Å². The smallest absolute Gasteiger partial charge is 0.303 e. The maximum absolute atomic E-state index is 12.7. The highest BCUT2D eigenvalue weighted by Crippen LogP contribution is 2.12. The zero-order chi connectivity index (χ0) is 13.4. The molecule has 0 aromatic heterocycles. The van der Waals surface area contributed by atoms with Gasteiger partial charge >= 0.3 is 5.97 Å². The first-order valence-corrected chi connectivity index (χ1v) is 6.92. The molecule has 98 valence electrons. The summed E-state index contributed by atoms with van der Waals surface area (Å²) in [5.41, 5.74) is 0. The first kappa shape index (κ1) is 14.9.